The average molecular weight is 225 g/mol. The summed E-state index contributed by atoms with van der Waals surface area (Å²) in [6.45, 7) is 2.36. The molecule has 2 heteroatoms. The zero-order valence-corrected chi connectivity index (χ0v) is 10.6. The minimum absolute atomic E-state index is 0.0975. The van der Waals surface area contributed by atoms with Crippen molar-refractivity contribution >= 4 is 0 Å². The van der Waals surface area contributed by atoms with Crippen molar-refractivity contribution in [3.8, 4) is 0 Å². The molecule has 0 saturated heterocycles. The first-order chi connectivity index (χ1) is 7.75. The van der Waals surface area contributed by atoms with Crippen molar-refractivity contribution in [2.75, 3.05) is 0 Å². The predicted molar refractivity (Wildman–Crippen MR) is 67.4 cm³/mol. The maximum absolute atomic E-state index is 10.1. The maximum Gasteiger partial charge on any atom is 0.0693 e. The lowest BCUT2D eigenvalue weighted by molar-refractivity contribution is 0.107. The molecular weight excluding hydrogens is 198 g/mol. The quantitative estimate of drug-likeness (QED) is 0.708. The lowest BCUT2D eigenvalue weighted by Gasteiger charge is -2.32. The summed E-state index contributed by atoms with van der Waals surface area (Å²) in [6, 6.07) is 1.04. The molecule has 2 aliphatic rings. The molecule has 2 N–H and O–H groups in total. The van der Waals surface area contributed by atoms with Gasteiger partial charge in [0.1, 0.15) is 0 Å². The van der Waals surface area contributed by atoms with E-state index >= 15 is 0 Å². The van der Waals surface area contributed by atoms with Crippen LogP contribution in [0.15, 0.2) is 0 Å². The topological polar surface area (TPSA) is 32.3 Å². The Morgan fingerprint density at radius 1 is 0.938 bits per heavy atom. The van der Waals surface area contributed by atoms with Crippen LogP contribution in [0.5, 0.6) is 0 Å². The van der Waals surface area contributed by atoms with Crippen molar-refractivity contribution in [2.24, 2.45) is 5.92 Å². The Morgan fingerprint density at radius 2 is 1.75 bits per heavy atom. The molecule has 2 saturated carbocycles. The molecule has 0 aromatic rings. The SMILES string of the molecule is CC1CCCC(NC2CCCCCC2O)C1. The maximum atomic E-state index is 10.1. The van der Waals surface area contributed by atoms with Crippen LogP contribution in [0.3, 0.4) is 0 Å². The van der Waals surface area contributed by atoms with Gasteiger partial charge >= 0.3 is 0 Å². The van der Waals surface area contributed by atoms with Crippen LogP contribution in [-0.4, -0.2) is 23.3 Å². The second-order valence-corrected chi connectivity index (χ2v) is 5.95. The van der Waals surface area contributed by atoms with Crippen LogP contribution in [0.4, 0.5) is 0 Å². The Labute approximate surface area is 99.8 Å². The first kappa shape index (κ1) is 12.4. The van der Waals surface area contributed by atoms with E-state index < -0.39 is 0 Å². The molecule has 2 aliphatic carbocycles. The average Bonchev–Trinajstić information content (AvgIpc) is 2.45. The molecule has 0 aromatic heterocycles. The molecule has 4 atom stereocenters. The van der Waals surface area contributed by atoms with Crippen LogP contribution in [0, 0.1) is 5.92 Å². The van der Waals surface area contributed by atoms with Crippen molar-refractivity contribution in [2.45, 2.75) is 82.9 Å². The molecule has 0 radical (unpaired) electrons. The molecule has 0 heterocycles. The summed E-state index contributed by atoms with van der Waals surface area (Å²) in [7, 11) is 0. The minimum Gasteiger partial charge on any atom is -0.392 e. The minimum atomic E-state index is -0.0975. The Bertz CT molecular complexity index is 207. The van der Waals surface area contributed by atoms with Crippen molar-refractivity contribution in [1.82, 2.24) is 5.32 Å². The second-order valence-electron chi connectivity index (χ2n) is 5.95. The number of aliphatic hydroxyl groups excluding tert-OH is 1. The number of hydrogen-bond donors (Lipinski definition) is 2. The third-order valence-corrected chi connectivity index (χ3v) is 4.37. The van der Waals surface area contributed by atoms with E-state index in [-0.39, 0.29) is 6.10 Å². The number of hydrogen-bond acceptors (Lipinski definition) is 2. The van der Waals surface area contributed by atoms with Crippen LogP contribution in [-0.2, 0) is 0 Å². The van der Waals surface area contributed by atoms with Crippen molar-refractivity contribution in [1.29, 1.82) is 0 Å². The summed E-state index contributed by atoms with van der Waals surface area (Å²) < 4.78 is 0. The number of aliphatic hydroxyl groups is 1. The zero-order chi connectivity index (χ0) is 11.4. The van der Waals surface area contributed by atoms with E-state index in [9.17, 15) is 5.11 Å². The van der Waals surface area contributed by atoms with Gasteiger partial charge in [-0.05, 0) is 31.6 Å². The van der Waals surface area contributed by atoms with Crippen LogP contribution in [0.2, 0.25) is 0 Å². The fourth-order valence-corrected chi connectivity index (χ4v) is 3.37. The summed E-state index contributed by atoms with van der Waals surface area (Å²) in [4.78, 5) is 0. The highest BCUT2D eigenvalue weighted by Crippen LogP contribution is 2.26. The van der Waals surface area contributed by atoms with Crippen LogP contribution >= 0.6 is 0 Å². The summed E-state index contributed by atoms with van der Waals surface area (Å²) in [5.41, 5.74) is 0. The summed E-state index contributed by atoms with van der Waals surface area (Å²) in [6.07, 6.45) is 11.3. The number of rotatable bonds is 2. The summed E-state index contributed by atoms with van der Waals surface area (Å²) in [5, 5.41) is 13.8. The highest BCUT2D eigenvalue weighted by Gasteiger charge is 2.26. The summed E-state index contributed by atoms with van der Waals surface area (Å²) in [5.74, 6) is 0.870. The largest absolute Gasteiger partial charge is 0.392 e. The van der Waals surface area contributed by atoms with Crippen LogP contribution in [0.1, 0.15) is 64.7 Å². The van der Waals surface area contributed by atoms with E-state index in [0.29, 0.717) is 12.1 Å². The van der Waals surface area contributed by atoms with E-state index in [1.54, 1.807) is 0 Å². The third kappa shape index (κ3) is 3.46. The van der Waals surface area contributed by atoms with Gasteiger partial charge in [0.15, 0.2) is 0 Å². The standard InChI is InChI=1S/C14H27NO/c1-11-6-5-7-12(10-11)15-13-8-3-2-4-9-14(13)16/h11-16H,2-10H2,1H3. The van der Waals surface area contributed by atoms with Gasteiger partial charge in [-0.3, -0.25) is 0 Å². The molecule has 94 valence electrons. The molecule has 2 nitrogen and oxygen atoms in total. The highest BCUT2D eigenvalue weighted by molar-refractivity contribution is 4.84. The van der Waals surface area contributed by atoms with E-state index in [4.69, 9.17) is 0 Å². The smallest absolute Gasteiger partial charge is 0.0693 e. The molecule has 0 aromatic carbocycles. The lowest BCUT2D eigenvalue weighted by atomic mass is 9.86. The lowest BCUT2D eigenvalue weighted by Crippen LogP contribution is -2.46. The van der Waals surface area contributed by atoms with E-state index in [1.165, 1.54) is 51.4 Å². The van der Waals surface area contributed by atoms with Gasteiger partial charge in [0.05, 0.1) is 6.10 Å². The predicted octanol–water partition coefficient (Wildman–Crippen LogP) is 2.85. The molecule has 16 heavy (non-hydrogen) atoms. The van der Waals surface area contributed by atoms with Gasteiger partial charge in [0.25, 0.3) is 0 Å². The van der Waals surface area contributed by atoms with Gasteiger partial charge < -0.3 is 10.4 Å². The first-order valence-corrected chi connectivity index (χ1v) is 7.20. The molecular formula is C14H27NO. The fraction of sp³-hybridized carbons (Fsp3) is 1.00. The summed E-state index contributed by atoms with van der Waals surface area (Å²) >= 11 is 0. The van der Waals surface area contributed by atoms with E-state index in [1.807, 2.05) is 0 Å². The first-order valence-electron chi connectivity index (χ1n) is 7.20. The fourth-order valence-electron chi connectivity index (χ4n) is 3.37. The van der Waals surface area contributed by atoms with Gasteiger partial charge in [-0.25, -0.2) is 0 Å². The Hall–Kier alpha value is -0.0800. The van der Waals surface area contributed by atoms with E-state index in [0.717, 1.165) is 12.3 Å². The van der Waals surface area contributed by atoms with Crippen molar-refractivity contribution in [3.05, 3.63) is 0 Å². The Balaban J connectivity index is 1.82. The third-order valence-electron chi connectivity index (χ3n) is 4.37. The van der Waals surface area contributed by atoms with Gasteiger partial charge in [0, 0.05) is 12.1 Å². The highest BCUT2D eigenvalue weighted by atomic mass is 16.3. The molecule has 0 amide bonds. The van der Waals surface area contributed by atoms with Crippen molar-refractivity contribution in [3.63, 3.8) is 0 Å². The zero-order valence-electron chi connectivity index (χ0n) is 10.6. The monoisotopic (exact) mass is 225 g/mol. The molecule has 2 rings (SSSR count). The number of nitrogens with one attached hydrogen (secondary N) is 1. The second kappa shape index (κ2) is 6.02. The molecule has 4 unspecified atom stereocenters. The van der Waals surface area contributed by atoms with Gasteiger partial charge in [-0.2, -0.15) is 0 Å². The van der Waals surface area contributed by atoms with Crippen molar-refractivity contribution < 1.29 is 5.11 Å². The van der Waals surface area contributed by atoms with Crippen LogP contribution in [0.25, 0.3) is 0 Å². The molecule has 2 fully saturated rings. The Kier molecular flexibility index (Phi) is 4.66. The van der Waals surface area contributed by atoms with Gasteiger partial charge in [-0.1, -0.05) is 39.0 Å². The molecule has 0 aliphatic heterocycles. The van der Waals surface area contributed by atoms with E-state index in [2.05, 4.69) is 12.2 Å². The van der Waals surface area contributed by atoms with Gasteiger partial charge in [-0.15, -0.1) is 0 Å². The normalized spacial score (nSPS) is 41.6. The van der Waals surface area contributed by atoms with Gasteiger partial charge in [0.2, 0.25) is 0 Å². The Morgan fingerprint density at radius 3 is 2.56 bits per heavy atom. The molecule has 0 bridgehead atoms. The molecule has 0 spiro atoms. The van der Waals surface area contributed by atoms with Crippen LogP contribution < -0.4 is 5.32 Å².